The number of aliphatic hydroxyl groups is 1. The Kier molecular flexibility index (Phi) is 3.68. The molecular weight excluding hydrogens is 234 g/mol. The van der Waals surface area contributed by atoms with Gasteiger partial charge in [0.15, 0.2) is 0 Å². The summed E-state index contributed by atoms with van der Waals surface area (Å²) in [7, 11) is 0. The molecular formula is C12H19N3O3. The Morgan fingerprint density at radius 2 is 2.33 bits per heavy atom. The molecule has 0 aromatic carbocycles. The average Bonchev–Trinajstić information content (AvgIpc) is 2.85. The molecule has 3 N–H and O–H groups in total. The number of aromatic nitrogens is 1. The molecule has 6 nitrogen and oxygen atoms in total. The van der Waals surface area contributed by atoms with E-state index in [9.17, 15) is 9.90 Å². The second kappa shape index (κ2) is 5.07. The third kappa shape index (κ3) is 2.54. The molecule has 1 fully saturated rings. The van der Waals surface area contributed by atoms with Gasteiger partial charge in [0.05, 0.1) is 23.9 Å². The highest BCUT2D eigenvalue weighted by Crippen LogP contribution is 2.21. The SMILES string of the molecule is Cc1noc(C)c1C(C)NC(=O)C1CC(O)CN1. The van der Waals surface area contributed by atoms with Crippen LogP contribution in [0.2, 0.25) is 0 Å². The van der Waals surface area contributed by atoms with E-state index in [0.29, 0.717) is 13.0 Å². The van der Waals surface area contributed by atoms with E-state index in [-0.39, 0.29) is 18.0 Å². The predicted molar refractivity (Wildman–Crippen MR) is 64.9 cm³/mol. The van der Waals surface area contributed by atoms with Crippen LogP contribution in [0.3, 0.4) is 0 Å². The number of nitrogens with zero attached hydrogens (tertiary/aromatic N) is 1. The molecule has 0 bridgehead atoms. The molecule has 1 aliphatic heterocycles. The fourth-order valence-corrected chi connectivity index (χ4v) is 2.41. The minimum atomic E-state index is -0.435. The maximum Gasteiger partial charge on any atom is 0.237 e. The Hall–Kier alpha value is -1.40. The fourth-order valence-electron chi connectivity index (χ4n) is 2.41. The Bertz CT molecular complexity index is 424. The summed E-state index contributed by atoms with van der Waals surface area (Å²) in [4.78, 5) is 12.0. The van der Waals surface area contributed by atoms with Crippen molar-refractivity contribution in [1.82, 2.24) is 15.8 Å². The molecule has 0 saturated carbocycles. The average molecular weight is 253 g/mol. The Labute approximate surface area is 106 Å². The van der Waals surface area contributed by atoms with Crippen LogP contribution in [0.1, 0.15) is 36.4 Å². The zero-order valence-electron chi connectivity index (χ0n) is 10.9. The van der Waals surface area contributed by atoms with E-state index in [1.807, 2.05) is 20.8 Å². The van der Waals surface area contributed by atoms with E-state index >= 15 is 0 Å². The van der Waals surface area contributed by atoms with Crippen LogP contribution in [0.25, 0.3) is 0 Å². The van der Waals surface area contributed by atoms with Crippen LogP contribution in [0.5, 0.6) is 0 Å². The number of β-amino-alcohol motifs (C(OH)–C–C–N with tert-alkyl or cyclic N) is 1. The lowest BCUT2D eigenvalue weighted by atomic mass is 10.1. The summed E-state index contributed by atoms with van der Waals surface area (Å²) in [6.07, 6.45) is 0.0234. The number of carbonyl (C=O) groups excluding carboxylic acids is 1. The quantitative estimate of drug-likeness (QED) is 0.716. The third-order valence-corrected chi connectivity index (χ3v) is 3.30. The van der Waals surface area contributed by atoms with E-state index in [2.05, 4.69) is 15.8 Å². The van der Waals surface area contributed by atoms with Gasteiger partial charge in [0.1, 0.15) is 5.76 Å². The molecule has 1 amide bonds. The minimum absolute atomic E-state index is 0.0981. The van der Waals surface area contributed by atoms with Crippen molar-refractivity contribution in [3.63, 3.8) is 0 Å². The molecule has 0 aliphatic carbocycles. The topological polar surface area (TPSA) is 87.4 Å². The van der Waals surface area contributed by atoms with Crippen LogP contribution >= 0.6 is 0 Å². The number of hydrogen-bond acceptors (Lipinski definition) is 5. The Morgan fingerprint density at radius 1 is 1.61 bits per heavy atom. The van der Waals surface area contributed by atoms with Crippen molar-refractivity contribution in [2.24, 2.45) is 0 Å². The third-order valence-electron chi connectivity index (χ3n) is 3.30. The summed E-state index contributed by atoms with van der Waals surface area (Å²) in [5.74, 6) is 0.624. The molecule has 1 aromatic heterocycles. The van der Waals surface area contributed by atoms with Crippen LogP contribution in [0.15, 0.2) is 4.52 Å². The standard InChI is InChI=1S/C12H19N3O3/c1-6(11-7(2)15-18-8(11)3)14-12(17)10-4-9(16)5-13-10/h6,9-10,13,16H,4-5H2,1-3H3,(H,14,17). The first-order valence-electron chi connectivity index (χ1n) is 6.13. The lowest BCUT2D eigenvalue weighted by Gasteiger charge is -2.17. The highest BCUT2D eigenvalue weighted by molar-refractivity contribution is 5.82. The highest BCUT2D eigenvalue weighted by Gasteiger charge is 2.29. The summed E-state index contributed by atoms with van der Waals surface area (Å²) in [5.41, 5.74) is 1.71. The lowest BCUT2D eigenvalue weighted by molar-refractivity contribution is -0.123. The molecule has 1 aromatic rings. The van der Waals surface area contributed by atoms with Crippen LogP contribution < -0.4 is 10.6 Å². The lowest BCUT2D eigenvalue weighted by Crippen LogP contribution is -2.41. The molecule has 100 valence electrons. The first-order valence-corrected chi connectivity index (χ1v) is 6.13. The molecule has 2 heterocycles. The van der Waals surface area contributed by atoms with Crippen molar-refractivity contribution in [2.75, 3.05) is 6.54 Å². The molecule has 6 heteroatoms. The highest BCUT2D eigenvalue weighted by atomic mass is 16.5. The number of aryl methyl sites for hydroxylation is 2. The van der Waals surface area contributed by atoms with Gasteiger partial charge < -0.3 is 20.3 Å². The maximum atomic E-state index is 12.0. The van der Waals surface area contributed by atoms with Gasteiger partial charge in [-0.25, -0.2) is 0 Å². The van der Waals surface area contributed by atoms with E-state index in [1.54, 1.807) is 0 Å². The van der Waals surface area contributed by atoms with Crippen molar-refractivity contribution >= 4 is 5.91 Å². The largest absolute Gasteiger partial charge is 0.392 e. The van der Waals surface area contributed by atoms with E-state index < -0.39 is 6.10 Å². The number of hydrogen-bond donors (Lipinski definition) is 3. The maximum absolute atomic E-state index is 12.0. The van der Waals surface area contributed by atoms with Crippen molar-refractivity contribution in [3.8, 4) is 0 Å². The summed E-state index contributed by atoms with van der Waals surface area (Å²) < 4.78 is 5.08. The number of carbonyl (C=O) groups is 1. The predicted octanol–water partition coefficient (Wildman–Crippen LogP) is 0.191. The Balaban J connectivity index is 1.99. The monoisotopic (exact) mass is 253 g/mol. The van der Waals surface area contributed by atoms with Gasteiger partial charge in [-0.3, -0.25) is 4.79 Å². The Morgan fingerprint density at radius 3 is 2.83 bits per heavy atom. The second-order valence-corrected chi connectivity index (χ2v) is 4.82. The smallest absolute Gasteiger partial charge is 0.237 e. The molecule has 1 aliphatic rings. The number of amides is 1. The summed E-state index contributed by atoms with van der Waals surface area (Å²) in [6, 6.07) is -0.466. The number of rotatable bonds is 3. The molecule has 3 atom stereocenters. The fraction of sp³-hybridized carbons (Fsp3) is 0.667. The molecule has 2 rings (SSSR count). The number of nitrogens with one attached hydrogen (secondary N) is 2. The zero-order valence-corrected chi connectivity index (χ0v) is 10.9. The van der Waals surface area contributed by atoms with E-state index in [1.165, 1.54) is 0 Å². The molecule has 3 unspecified atom stereocenters. The van der Waals surface area contributed by atoms with Crippen LogP contribution in [-0.2, 0) is 4.79 Å². The minimum Gasteiger partial charge on any atom is -0.392 e. The van der Waals surface area contributed by atoms with Crippen LogP contribution in [0, 0.1) is 13.8 Å². The van der Waals surface area contributed by atoms with E-state index in [0.717, 1.165) is 17.0 Å². The van der Waals surface area contributed by atoms with Gasteiger partial charge in [0.2, 0.25) is 5.91 Å². The van der Waals surface area contributed by atoms with Gasteiger partial charge in [-0.2, -0.15) is 0 Å². The van der Waals surface area contributed by atoms with Gasteiger partial charge in [-0.1, -0.05) is 5.16 Å². The van der Waals surface area contributed by atoms with Crippen LogP contribution in [-0.4, -0.2) is 34.9 Å². The van der Waals surface area contributed by atoms with Gasteiger partial charge in [-0.05, 0) is 27.2 Å². The van der Waals surface area contributed by atoms with E-state index in [4.69, 9.17) is 4.52 Å². The van der Waals surface area contributed by atoms with Gasteiger partial charge in [-0.15, -0.1) is 0 Å². The molecule has 0 radical (unpaired) electrons. The van der Waals surface area contributed by atoms with Crippen LogP contribution in [0.4, 0.5) is 0 Å². The zero-order chi connectivity index (χ0) is 13.3. The number of aliphatic hydroxyl groups excluding tert-OH is 1. The van der Waals surface area contributed by atoms with Crippen molar-refractivity contribution in [3.05, 3.63) is 17.0 Å². The normalized spacial score (nSPS) is 25.1. The van der Waals surface area contributed by atoms with Gasteiger partial charge in [0, 0.05) is 12.1 Å². The van der Waals surface area contributed by atoms with Crippen molar-refractivity contribution < 1.29 is 14.4 Å². The van der Waals surface area contributed by atoms with Crippen molar-refractivity contribution in [2.45, 2.75) is 45.4 Å². The summed E-state index contributed by atoms with van der Waals surface area (Å²) >= 11 is 0. The molecule has 1 saturated heterocycles. The van der Waals surface area contributed by atoms with Gasteiger partial charge in [0.25, 0.3) is 0 Å². The molecule has 0 spiro atoms. The first-order chi connectivity index (χ1) is 8.49. The second-order valence-electron chi connectivity index (χ2n) is 4.82. The summed E-state index contributed by atoms with van der Waals surface area (Å²) in [5, 5.41) is 19.2. The van der Waals surface area contributed by atoms with Crippen molar-refractivity contribution in [1.29, 1.82) is 0 Å². The van der Waals surface area contributed by atoms with Gasteiger partial charge >= 0.3 is 0 Å². The summed E-state index contributed by atoms with van der Waals surface area (Å²) in [6.45, 7) is 6.05. The first kappa shape index (κ1) is 13.0. The molecule has 18 heavy (non-hydrogen) atoms.